The molecule has 0 aliphatic heterocycles. The van der Waals surface area contributed by atoms with Crippen LogP contribution >= 0.6 is 0 Å². The Hall–Kier alpha value is -2.95. The zero-order chi connectivity index (χ0) is 17.3. The van der Waals surface area contributed by atoms with Crippen LogP contribution in [0.2, 0.25) is 0 Å². The van der Waals surface area contributed by atoms with Crippen LogP contribution < -0.4 is 0 Å². The monoisotopic (exact) mass is 321 g/mol. The first-order chi connectivity index (χ1) is 11.5. The van der Waals surface area contributed by atoms with Gasteiger partial charge in [-0.3, -0.25) is 4.79 Å². The summed E-state index contributed by atoms with van der Waals surface area (Å²) in [6.45, 7) is 6.10. The highest BCUT2D eigenvalue weighted by Gasteiger charge is 2.15. The molecule has 1 N–H and O–H groups in total. The second-order valence-electron chi connectivity index (χ2n) is 6.15. The molecule has 1 aromatic heterocycles. The number of carbonyl (C=O) groups is 1. The summed E-state index contributed by atoms with van der Waals surface area (Å²) in [6.07, 6.45) is 1.53. The number of phenolic OH excluding ortho intramolecular Hbond substituents is 1. The van der Waals surface area contributed by atoms with Crippen LogP contribution in [0.3, 0.4) is 0 Å². The Labute approximate surface area is 140 Å². The normalized spacial score (nSPS) is 11.0. The number of hydrogen-bond donors (Lipinski definition) is 1. The van der Waals surface area contributed by atoms with Crippen LogP contribution in [0, 0.1) is 6.92 Å². The molecule has 2 aromatic carbocycles. The molecule has 0 bridgehead atoms. The second-order valence-corrected chi connectivity index (χ2v) is 6.15. The number of aromatic hydroxyl groups is 1. The zero-order valence-corrected chi connectivity index (χ0v) is 13.9. The summed E-state index contributed by atoms with van der Waals surface area (Å²) < 4.78 is 1.41. The molecule has 24 heavy (non-hydrogen) atoms. The van der Waals surface area contributed by atoms with Gasteiger partial charge in [0.05, 0.1) is 6.20 Å². The minimum Gasteiger partial charge on any atom is -0.506 e. The minimum atomic E-state index is -0.192. The molecule has 0 amide bonds. The highest BCUT2D eigenvalue weighted by atomic mass is 16.3. The first kappa shape index (κ1) is 15.9. The van der Waals surface area contributed by atoms with Crippen LogP contribution in [0.25, 0.3) is 5.69 Å². The van der Waals surface area contributed by atoms with Gasteiger partial charge in [-0.1, -0.05) is 49.4 Å². The largest absolute Gasteiger partial charge is 0.506 e. The Morgan fingerprint density at radius 1 is 1.12 bits per heavy atom. The molecule has 0 spiro atoms. The van der Waals surface area contributed by atoms with Gasteiger partial charge in [-0.15, -0.1) is 5.10 Å². The number of nitrogens with zero attached hydrogens (tertiary/aromatic N) is 3. The SMILES string of the molecule is Cc1ccc(-n2cc(C(=O)c3ccc(C(C)C)cc3)nn2)c(O)c1. The van der Waals surface area contributed by atoms with Gasteiger partial charge in [0.25, 0.3) is 0 Å². The van der Waals surface area contributed by atoms with Gasteiger partial charge in [-0.25, -0.2) is 4.68 Å². The van der Waals surface area contributed by atoms with Gasteiger partial charge in [0.1, 0.15) is 11.4 Å². The highest BCUT2D eigenvalue weighted by Crippen LogP contribution is 2.22. The van der Waals surface area contributed by atoms with Gasteiger partial charge in [-0.2, -0.15) is 0 Å². The summed E-state index contributed by atoms with van der Waals surface area (Å²) in [5.41, 5.74) is 3.42. The van der Waals surface area contributed by atoms with Crippen LogP contribution in [0.15, 0.2) is 48.7 Å². The van der Waals surface area contributed by atoms with E-state index >= 15 is 0 Å². The summed E-state index contributed by atoms with van der Waals surface area (Å²) in [6, 6.07) is 12.8. The van der Waals surface area contributed by atoms with Crippen molar-refractivity contribution in [2.75, 3.05) is 0 Å². The molecule has 0 saturated carbocycles. The number of aromatic nitrogens is 3. The molecule has 5 heteroatoms. The fourth-order valence-electron chi connectivity index (χ4n) is 2.48. The number of benzene rings is 2. The van der Waals surface area contributed by atoms with Gasteiger partial charge in [0.15, 0.2) is 5.69 Å². The van der Waals surface area contributed by atoms with Crippen LogP contribution in [0.1, 0.15) is 46.9 Å². The van der Waals surface area contributed by atoms with Gasteiger partial charge in [0, 0.05) is 5.56 Å². The van der Waals surface area contributed by atoms with E-state index in [-0.39, 0.29) is 17.2 Å². The fraction of sp³-hybridized carbons (Fsp3) is 0.211. The fourth-order valence-corrected chi connectivity index (χ4v) is 2.48. The van der Waals surface area contributed by atoms with Crippen molar-refractivity contribution in [1.82, 2.24) is 15.0 Å². The van der Waals surface area contributed by atoms with E-state index in [9.17, 15) is 9.90 Å². The highest BCUT2D eigenvalue weighted by molar-refractivity contribution is 6.07. The predicted octanol–water partition coefficient (Wildman–Crippen LogP) is 3.64. The molecule has 0 radical (unpaired) electrons. The Bertz CT molecular complexity index is 880. The van der Waals surface area contributed by atoms with Crippen molar-refractivity contribution >= 4 is 5.78 Å². The van der Waals surface area contributed by atoms with Crippen molar-refractivity contribution in [3.63, 3.8) is 0 Å². The maximum atomic E-state index is 12.5. The lowest BCUT2D eigenvalue weighted by Gasteiger charge is -2.05. The Morgan fingerprint density at radius 2 is 1.83 bits per heavy atom. The third-order valence-corrected chi connectivity index (χ3v) is 3.94. The van der Waals surface area contributed by atoms with E-state index in [1.807, 2.05) is 25.1 Å². The van der Waals surface area contributed by atoms with Crippen LogP contribution in [0.5, 0.6) is 5.75 Å². The maximum Gasteiger partial charge on any atom is 0.214 e. The lowest BCUT2D eigenvalue weighted by Crippen LogP contribution is -2.02. The number of hydrogen-bond acceptors (Lipinski definition) is 4. The molecule has 5 nitrogen and oxygen atoms in total. The number of rotatable bonds is 4. The molecule has 0 atom stereocenters. The van der Waals surface area contributed by atoms with Crippen molar-refractivity contribution in [1.29, 1.82) is 0 Å². The van der Waals surface area contributed by atoms with Crippen LogP contribution in [-0.4, -0.2) is 25.9 Å². The standard InChI is InChI=1S/C19H19N3O2/c1-12(2)14-5-7-15(8-6-14)19(24)16-11-22(21-20-16)17-9-4-13(3)10-18(17)23/h4-12,23H,1-3H3. The molecular formula is C19H19N3O2. The van der Waals surface area contributed by atoms with Crippen molar-refractivity contribution in [3.05, 3.63) is 71.0 Å². The van der Waals surface area contributed by atoms with Crippen LogP contribution in [-0.2, 0) is 0 Å². The number of ketones is 1. The third kappa shape index (κ3) is 3.06. The molecule has 1 heterocycles. The van der Waals surface area contributed by atoms with Gasteiger partial charge < -0.3 is 5.11 Å². The molecule has 0 aliphatic carbocycles. The molecule has 3 rings (SSSR count). The average Bonchev–Trinajstić information content (AvgIpc) is 3.04. The lowest BCUT2D eigenvalue weighted by atomic mass is 10.00. The van der Waals surface area contributed by atoms with Crippen molar-refractivity contribution < 1.29 is 9.90 Å². The molecular weight excluding hydrogens is 302 g/mol. The predicted molar refractivity (Wildman–Crippen MR) is 91.7 cm³/mol. The van der Waals surface area contributed by atoms with E-state index in [2.05, 4.69) is 24.2 Å². The van der Waals surface area contributed by atoms with Gasteiger partial charge in [0.2, 0.25) is 5.78 Å². The average molecular weight is 321 g/mol. The first-order valence-electron chi connectivity index (χ1n) is 7.82. The van der Waals surface area contributed by atoms with E-state index in [0.717, 1.165) is 5.56 Å². The van der Waals surface area contributed by atoms with Gasteiger partial charge in [-0.05, 0) is 36.1 Å². The van der Waals surface area contributed by atoms with Crippen molar-refractivity contribution in [3.8, 4) is 11.4 Å². The third-order valence-electron chi connectivity index (χ3n) is 3.94. The summed E-state index contributed by atoms with van der Waals surface area (Å²) in [4.78, 5) is 12.5. The number of carbonyl (C=O) groups excluding carboxylic acids is 1. The summed E-state index contributed by atoms with van der Waals surface area (Å²) in [7, 11) is 0. The zero-order valence-electron chi connectivity index (χ0n) is 13.9. The number of phenols is 1. The minimum absolute atomic E-state index is 0.0974. The summed E-state index contributed by atoms with van der Waals surface area (Å²) in [5, 5.41) is 17.9. The molecule has 0 fully saturated rings. The summed E-state index contributed by atoms with van der Waals surface area (Å²) >= 11 is 0. The number of aryl methyl sites for hydroxylation is 1. The molecule has 0 aliphatic rings. The van der Waals surface area contributed by atoms with E-state index in [0.29, 0.717) is 17.2 Å². The Kier molecular flexibility index (Phi) is 4.16. The van der Waals surface area contributed by atoms with E-state index in [1.54, 1.807) is 24.3 Å². The molecule has 0 saturated heterocycles. The van der Waals surface area contributed by atoms with E-state index in [1.165, 1.54) is 16.4 Å². The Morgan fingerprint density at radius 3 is 2.46 bits per heavy atom. The lowest BCUT2D eigenvalue weighted by molar-refractivity contribution is 0.103. The first-order valence-corrected chi connectivity index (χ1v) is 7.82. The van der Waals surface area contributed by atoms with E-state index < -0.39 is 0 Å². The molecule has 122 valence electrons. The Balaban J connectivity index is 1.88. The quantitative estimate of drug-likeness (QED) is 0.745. The van der Waals surface area contributed by atoms with Gasteiger partial charge >= 0.3 is 0 Å². The smallest absolute Gasteiger partial charge is 0.214 e. The molecule has 0 unspecified atom stereocenters. The molecule has 3 aromatic rings. The van der Waals surface area contributed by atoms with Crippen LogP contribution in [0.4, 0.5) is 0 Å². The van der Waals surface area contributed by atoms with Crippen molar-refractivity contribution in [2.45, 2.75) is 26.7 Å². The second kappa shape index (κ2) is 6.28. The summed E-state index contributed by atoms with van der Waals surface area (Å²) in [5.74, 6) is 0.322. The topological polar surface area (TPSA) is 68.0 Å². The van der Waals surface area contributed by atoms with Crippen molar-refractivity contribution in [2.24, 2.45) is 0 Å². The van der Waals surface area contributed by atoms with E-state index in [4.69, 9.17) is 0 Å². The maximum absolute atomic E-state index is 12.5.